The second-order valence-electron chi connectivity index (χ2n) is 4.83. The molecule has 2 heterocycles. The summed E-state index contributed by atoms with van der Waals surface area (Å²) in [6, 6.07) is 3.86. The van der Waals surface area contributed by atoms with Crippen molar-refractivity contribution in [3.05, 3.63) is 29.6 Å². The minimum Gasteiger partial charge on any atom is -0.409 e. The molecule has 1 aromatic heterocycles. The number of nitrogens with two attached hydrogens (primary N) is 1. The Balaban J connectivity index is 2.02. The van der Waals surface area contributed by atoms with Gasteiger partial charge in [0.1, 0.15) is 5.69 Å². The largest absolute Gasteiger partial charge is 0.409 e. The third kappa shape index (κ3) is 2.98. The SMILES string of the molecule is CCC1CCN(Cc2ccnc(/C(N)=N/O)c2)C1. The van der Waals surface area contributed by atoms with Crippen molar-refractivity contribution < 1.29 is 5.21 Å². The number of nitrogens with zero attached hydrogens (tertiary/aromatic N) is 3. The van der Waals surface area contributed by atoms with Crippen LogP contribution in [0, 0.1) is 5.92 Å². The van der Waals surface area contributed by atoms with Gasteiger partial charge in [0.15, 0.2) is 5.84 Å². The third-order valence-corrected chi connectivity index (χ3v) is 3.55. The quantitative estimate of drug-likeness (QED) is 0.365. The number of rotatable bonds is 4. The van der Waals surface area contributed by atoms with E-state index in [-0.39, 0.29) is 5.84 Å². The summed E-state index contributed by atoms with van der Waals surface area (Å²) in [6.07, 6.45) is 4.24. The summed E-state index contributed by atoms with van der Waals surface area (Å²) in [5.74, 6) is 0.889. The van der Waals surface area contributed by atoms with Crippen LogP contribution in [0.2, 0.25) is 0 Å². The number of likely N-dealkylation sites (tertiary alicyclic amines) is 1. The molecule has 1 unspecified atom stereocenters. The predicted octanol–water partition coefficient (Wildman–Crippen LogP) is 1.41. The molecule has 1 fully saturated rings. The van der Waals surface area contributed by atoms with Crippen LogP contribution in [-0.4, -0.2) is 34.0 Å². The molecule has 1 atom stereocenters. The smallest absolute Gasteiger partial charge is 0.188 e. The monoisotopic (exact) mass is 248 g/mol. The van der Waals surface area contributed by atoms with Crippen molar-refractivity contribution in [2.24, 2.45) is 16.8 Å². The first kappa shape index (κ1) is 12.8. The Morgan fingerprint density at radius 2 is 2.50 bits per heavy atom. The van der Waals surface area contributed by atoms with Gasteiger partial charge in [-0.2, -0.15) is 0 Å². The molecule has 0 aliphatic carbocycles. The van der Waals surface area contributed by atoms with Gasteiger partial charge in [-0.1, -0.05) is 18.5 Å². The number of oxime groups is 1. The lowest BCUT2D eigenvalue weighted by molar-refractivity contribution is 0.315. The molecule has 0 bridgehead atoms. The van der Waals surface area contributed by atoms with Gasteiger partial charge in [0.25, 0.3) is 0 Å². The fourth-order valence-electron chi connectivity index (χ4n) is 2.41. The van der Waals surface area contributed by atoms with E-state index >= 15 is 0 Å². The van der Waals surface area contributed by atoms with Gasteiger partial charge in [0.05, 0.1) is 0 Å². The van der Waals surface area contributed by atoms with Crippen LogP contribution in [0.1, 0.15) is 31.0 Å². The lowest BCUT2D eigenvalue weighted by atomic mass is 10.1. The Morgan fingerprint density at radius 3 is 3.17 bits per heavy atom. The molecule has 98 valence electrons. The van der Waals surface area contributed by atoms with Gasteiger partial charge in [0.2, 0.25) is 0 Å². The first-order chi connectivity index (χ1) is 8.72. The van der Waals surface area contributed by atoms with Gasteiger partial charge in [-0.15, -0.1) is 0 Å². The van der Waals surface area contributed by atoms with Crippen molar-refractivity contribution in [1.82, 2.24) is 9.88 Å². The van der Waals surface area contributed by atoms with Crippen molar-refractivity contribution in [2.45, 2.75) is 26.3 Å². The van der Waals surface area contributed by atoms with E-state index in [9.17, 15) is 0 Å². The van der Waals surface area contributed by atoms with E-state index in [1.807, 2.05) is 12.1 Å². The van der Waals surface area contributed by atoms with E-state index in [2.05, 4.69) is 22.0 Å². The summed E-state index contributed by atoms with van der Waals surface area (Å²) < 4.78 is 0. The van der Waals surface area contributed by atoms with Crippen LogP contribution in [0.15, 0.2) is 23.5 Å². The van der Waals surface area contributed by atoms with Crippen LogP contribution < -0.4 is 5.73 Å². The van der Waals surface area contributed by atoms with Crippen LogP contribution >= 0.6 is 0 Å². The Bertz CT molecular complexity index is 433. The Labute approximate surface area is 107 Å². The fourth-order valence-corrected chi connectivity index (χ4v) is 2.41. The zero-order valence-electron chi connectivity index (χ0n) is 10.7. The zero-order valence-corrected chi connectivity index (χ0v) is 10.7. The first-order valence-electron chi connectivity index (χ1n) is 6.38. The average Bonchev–Trinajstić information content (AvgIpc) is 2.86. The number of aromatic nitrogens is 1. The van der Waals surface area contributed by atoms with E-state index < -0.39 is 0 Å². The van der Waals surface area contributed by atoms with E-state index in [0.29, 0.717) is 5.69 Å². The second-order valence-corrected chi connectivity index (χ2v) is 4.83. The Kier molecular flexibility index (Phi) is 4.15. The second kappa shape index (κ2) is 5.82. The topological polar surface area (TPSA) is 74.7 Å². The van der Waals surface area contributed by atoms with Gasteiger partial charge < -0.3 is 10.9 Å². The molecule has 2 rings (SSSR count). The minimum absolute atomic E-state index is 0.0599. The van der Waals surface area contributed by atoms with Crippen LogP contribution in [0.5, 0.6) is 0 Å². The highest BCUT2D eigenvalue weighted by molar-refractivity contribution is 5.95. The highest BCUT2D eigenvalue weighted by atomic mass is 16.4. The van der Waals surface area contributed by atoms with E-state index in [1.54, 1.807) is 6.20 Å². The highest BCUT2D eigenvalue weighted by Crippen LogP contribution is 2.20. The van der Waals surface area contributed by atoms with Crippen molar-refractivity contribution in [3.63, 3.8) is 0 Å². The molecule has 0 saturated carbocycles. The average molecular weight is 248 g/mol. The molecule has 0 radical (unpaired) electrons. The summed E-state index contributed by atoms with van der Waals surface area (Å²) in [5.41, 5.74) is 7.22. The highest BCUT2D eigenvalue weighted by Gasteiger charge is 2.20. The van der Waals surface area contributed by atoms with Crippen LogP contribution in [0.3, 0.4) is 0 Å². The lowest BCUT2D eigenvalue weighted by Crippen LogP contribution is -2.21. The standard InChI is InChI=1S/C13H20N4O/c1-2-10-4-6-17(8-10)9-11-3-5-15-12(7-11)13(14)16-18/h3,5,7,10,18H,2,4,6,8-9H2,1H3,(H2,14,16). The molecule has 5 nitrogen and oxygen atoms in total. The maximum Gasteiger partial charge on any atom is 0.188 e. The summed E-state index contributed by atoms with van der Waals surface area (Å²) in [5, 5.41) is 11.6. The molecule has 0 spiro atoms. The molecule has 3 N–H and O–H groups in total. The molecule has 1 aliphatic heterocycles. The normalized spacial score (nSPS) is 21.4. The van der Waals surface area contributed by atoms with Crippen molar-refractivity contribution >= 4 is 5.84 Å². The summed E-state index contributed by atoms with van der Waals surface area (Å²) >= 11 is 0. The molecule has 0 amide bonds. The van der Waals surface area contributed by atoms with E-state index in [1.165, 1.54) is 12.8 Å². The zero-order chi connectivity index (χ0) is 13.0. The van der Waals surface area contributed by atoms with Crippen molar-refractivity contribution in [3.8, 4) is 0 Å². The lowest BCUT2D eigenvalue weighted by Gasteiger charge is -2.15. The molecular weight excluding hydrogens is 228 g/mol. The van der Waals surface area contributed by atoms with Crippen LogP contribution in [0.25, 0.3) is 0 Å². The van der Waals surface area contributed by atoms with Crippen LogP contribution in [-0.2, 0) is 6.54 Å². The fraction of sp³-hybridized carbons (Fsp3) is 0.538. The maximum atomic E-state index is 8.64. The van der Waals surface area contributed by atoms with Gasteiger partial charge >= 0.3 is 0 Å². The van der Waals surface area contributed by atoms with Gasteiger partial charge in [0, 0.05) is 19.3 Å². The molecule has 18 heavy (non-hydrogen) atoms. The predicted molar refractivity (Wildman–Crippen MR) is 70.4 cm³/mol. The first-order valence-corrected chi connectivity index (χ1v) is 6.38. The summed E-state index contributed by atoms with van der Waals surface area (Å²) in [6.45, 7) is 5.47. The molecule has 0 aromatic carbocycles. The number of amidine groups is 1. The third-order valence-electron chi connectivity index (χ3n) is 3.55. The number of pyridine rings is 1. The molecular formula is C13H20N4O. The van der Waals surface area contributed by atoms with Crippen LogP contribution in [0.4, 0.5) is 0 Å². The minimum atomic E-state index is 0.0599. The van der Waals surface area contributed by atoms with Gasteiger partial charge in [-0.25, -0.2) is 0 Å². The molecule has 5 heteroatoms. The Hall–Kier alpha value is -1.62. The number of hydrogen-bond acceptors (Lipinski definition) is 4. The maximum absolute atomic E-state index is 8.64. The van der Waals surface area contributed by atoms with Crippen molar-refractivity contribution in [1.29, 1.82) is 0 Å². The van der Waals surface area contributed by atoms with Crippen molar-refractivity contribution in [2.75, 3.05) is 13.1 Å². The van der Waals surface area contributed by atoms with E-state index in [4.69, 9.17) is 10.9 Å². The summed E-state index contributed by atoms with van der Waals surface area (Å²) in [7, 11) is 0. The van der Waals surface area contributed by atoms with Gasteiger partial charge in [-0.3, -0.25) is 9.88 Å². The van der Waals surface area contributed by atoms with E-state index in [0.717, 1.165) is 31.1 Å². The molecule has 1 aromatic rings. The summed E-state index contributed by atoms with van der Waals surface area (Å²) in [4.78, 5) is 6.53. The molecule has 1 saturated heterocycles. The van der Waals surface area contributed by atoms with Gasteiger partial charge in [-0.05, 0) is 36.6 Å². The molecule has 1 aliphatic rings. The number of hydrogen-bond donors (Lipinski definition) is 2. The Morgan fingerprint density at radius 1 is 1.67 bits per heavy atom.